The van der Waals surface area contributed by atoms with Crippen molar-refractivity contribution in [2.45, 2.75) is 75.4 Å². The normalized spacial score (nSPS) is 35.0. The van der Waals surface area contributed by atoms with E-state index < -0.39 is 18.0 Å². The first-order valence-electron chi connectivity index (χ1n) is 7.89. The molecular formula is C15H23ClF3NO. The zero-order valence-corrected chi connectivity index (χ0v) is 12.8. The summed E-state index contributed by atoms with van der Waals surface area (Å²) >= 11 is 6.28. The van der Waals surface area contributed by atoms with Crippen LogP contribution in [0.3, 0.4) is 0 Å². The van der Waals surface area contributed by atoms with Crippen LogP contribution < -0.4 is 5.32 Å². The first-order valence-corrected chi connectivity index (χ1v) is 8.32. The number of halogens is 4. The standard InChI is InChI=1S/C15H23ClF3NO/c16-12-7-2-1-3-8-13(12)20-14(21)10-5-4-6-11(9-10)15(17,18)19/h10-13H,1-9H2,(H,20,21). The van der Waals surface area contributed by atoms with Crippen LogP contribution in [0.15, 0.2) is 0 Å². The predicted octanol–water partition coefficient (Wildman–Crippen LogP) is 4.41. The Morgan fingerprint density at radius 2 is 1.71 bits per heavy atom. The summed E-state index contributed by atoms with van der Waals surface area (Å²) in [6.45, 7) is 0. The average molecular weight is 326 g/mol. The second-order valence-electron chi connectivity index (χ2n) is 6.37. The molecule has 2 rings (SSSR count). The fourth-order valence-electron chi connectivity index (χ4n) is 3.45. The largest absolute Gasteiger partial charge is 0.391 e. The molecule has 0 aromatic heterocycles. The van der Waals surface area contributed by atoms with Gasteiger partial charge in [0.1, 0.15) is 0 Å². The molecule has 0 aromatic rings. The SMILES string of the molecule is O=C(NC1CCCCCC1Cl)C1CCCC(C(F)(F)F)C1. The van der Waals surface area contributed by atoms with Gasteiger partial charge in [0.2, 0.25) is 5.91 Å². The van der Waals surface area contributed by atoms with Crippen LogP contribution in [-0.4, -0.2) is 23.5 Å². The van der Waals surface area contributed by atoms with Gasteiger partial charge in [-0.1, -0.05) is 25.7 Å². The van der Waals surface area contributed by atoms with Crippen molar-refractivity contribution in [2.75, 3.05) is 0 Å². The van der Waals surface area contributed by atoms with E-state index in [1.54, 1.807) is 0 Å². The van der Waals surface area contributed by atoms with Crippen LogP contribution in [0.2, 0.25) is 0 Å². The Kier molecular flexibility index (Phi) is 5.81. The summed E-state index contributed by atoms with van der Waals surface area (Å²) in [6.07, 6.45) is 1.78. The van der Waals surface area contributed by atoms with E-state index in [2.05, 4.69) is 5.32 Å². The highest BCUT2D eigenvalue weighted by Gasteiger charge is 2.43. The van der Waals surface area contributed by atoms with Crippen LogP contribution >= 0.6 is 11.6 Å². The predicted molar refractivity (Wildman–Crippen MR) is 76.2 cm³/mol. The van der Waals surface area contributed by atoms with E-state index in [9.17, 15) is 18.0 Å². The molecule has 0 aliphatic heterocycles. The molecule has 0 heterocycles. The van der Waals surface area contributed by atoms with Crippen LogP contribution in [0.5, 0.6) is 0 Å². The zero-order valence-electron chi connectivity index (χ0n) is 12.1. The number of alkyl halides is 4. The van der Waals surface area contributed by atoms with Gasteiger partial charge in [0, 0.05) is 12.0 Å². The van der Waals surface area contributed by atoms with Gasteiger partial charge < -0.3 is 5.32 Å². The number of rotatable bonds is 2. The minimum atomic E-state index is -4.18. The number of carbonyl (C=O) groups excluding carboxylic acids is 1. The van der Waals surface area contributed by atoms with E-state index in [-0.39, 0.29) is 30.2 Å². The van der Waals surface area contributed by atoms with Crippen LogP contribution in [0.1, 0.15) is 57.8 Å². The molecule has 1 amide bonds. The van der Waals surface area contributed by atoms with Gasteiger partial charge in [-0.25, -0.2) is 0 Å². The highest BCUT2D eigenvalue weighted by Crippen LogP contribution is 2.40. The molecule has 1 N–H and O–H groups in total. The van der Waals surface area contributed by atoms with Crippen molar-refractivity contribution in [3.63, 3.8) is 0 Å². The molecule has 2 aliphatic carbocycles. The molecule has 2 saturated carbocycles. The van der Waals surface area contributed by atoms with Gasteiger partial charge in [-0.15, -0.1) is 11.6 Å². The molecular weight excluding hydrogens is 303 g/mol. The fraction of sp³-hybridized carbons (Fsp3) is 0.933. The Morgan fingerprint density at radius 3 is 2.43 bits per heavy atom. The van der Waals surface area contributed by atoms with Gasteiger partial charge in [0.05, 0.1) is 11.3 Å². The number of amides is 1. The van der Waals surface area contributed by atoms with E-state index in [4.69, 9.17) is 11.6 Å². The van der Waals surface area contributed by atoms with Crippen molar-refractivity contribution in [1.82, 2.24) is 5.32 Å². The monoisotopic (exact) mass is 325 g/mol. The second kappa shape index (κ2) is 7.21. The van der Waals surface area contributed by atoms with Gasteiger partial charge in [0.25, 0.3) is 0 Å². The summed E-state index contributed by atoms with van der Waals surface area (Å²) in [7, 11) is 0. The molecule has 0 saturated heterocycles. The van der Waals surface area contributed by atoms with E-state index in [1.165, 1.54) is 0 Å². The third-order valence-electron chi connectivity index (χ3n) is 4.77. The lowest BCUT2D eigenvalue weighted by Crippen LogP contribution is -2.45. The van der Waals surface area contributed by atoms with Crippen molar-refractivity contribution in [3.8, 4) is 0 Å². The first kappa shape index (κ1) is 16.9. The smallest absolute Gasteiger partial charge is 0.352 e. The summed E-state index contributed by atoms with van der Waals surface area (Å²) in [5, 5.41) is 2.81. The number of nitrogens with one attached hydrogen (secondary N) is 1. The van der Waals surface area contributed by atoms with Crippen LogP contribution in [0.4, 0.5) is 13.2 Å². The second-order valence-corrected chi connectivity index (χ2v) is 6.93. The van der Waals surface area contributed by atoms with E-state index >= 15 is 0 Å². The average Bonchev–Trinajstić information content (AvgIpc) is 2.63. The van der Waals surface area contributed by atoms with Gasteiger partial charge in [0.15, 0.2) is 0 Å². The maximum Gasteiger partial charge on any atom is 0.391 e. The van der Waals surface area contributed by atoms with E-state index in [0.717, 1.165) is 32.1 Å². The molecule has 6 heteroatoms. The Hall–Kier alpha value is -0.450. The fourth-order valence-corrected chi connectivity index (χ4v) is 3.79. The van der Waals surface area contributed by atoms with E-state index in [1.807, 2.05) is 0 Å². The van der Waals surface area contributed by atoms with Gasteiger partial charge in [-0.3, -0.25) is 4.79 Å². The third kappa shape index (κ3) is 4.76. The molecule has 2 fully saturated rings. The Morgan fingerprint density at radius 1 is 1.00 bits per heavy atom. The van der Waals surface area contributed by atoms with Crippen molar-refractivity contribution >= 4 is 17.5 Å². The molecule has 21 heavy (non-hydrogen) atoms. The Labute approximate surface area is 128 Å². The van der Waals surface area contributed by atoms with Crippen molar-refractivity contribution in [2.24, 2.45) is 11.8 Å². The first-order chi connectivity index (χ1) is 9.88. The quantitative estimate of drug-likeness (QED) is 0.591. The number of hydrogen-bond donors (Lipinski definition) is 1. The Balaban J connectivity index is 1.90. The summed E-state index contributed by atoms with van der Waals surface area (Å²) in [5.74, 6) is -2.08. The molecule has 0 radical (unpaired) electrons. The third-order valence-corrected chi connectivity index (χ3v) is 5.29. The molecule has 0 bridgehead atoms. The van der Waals surface area contributed by atoms with Crippen LogP contribution in [0.25, 0.3) is 0 Å². The zero-order chi connectivity index (χ0) is 15.5. The Bertz CT molecular complexity index is 361. The summed E-state index contributed by atoms with van der Waals surface area (Å²) in [6, 6.07) is -0.0899. The number of carbonyl (C=O) groups is 1. The maximum atomic E-state index is 12.8. The minimum absolute atomic E-state index is 0.0744. The molecule has 4 atom stereocenters. The summed E-state index contributed by atoms with van der Waals surface area (Å²) in [4.78, 5) is 12.3. The topological polar surface area (TPSA) is 29.1 Å². The van der Waals surface area contributed by atoms with Gasteiger partial charge >= 0.3 is 6.18 Å². The van der Waals surface area contributed by atoms with E-state index in [0.29, 0.717) is 12.8 Å². The van der Waals surface area contributed by atoms with Crippen molar-refractivity contribution in [3.05, 3.63) is 0 Å². The lowest BCUT2D eigenvalue weighted by molar-refractivity contribution is -0.186. The molecule has 4 unspecified atom stereocenters. The molecule has 0 spiro atoms. The van der Waals surface area contributed by atoms with Gasteiger partial charge in [-0.05, 0) is 32.1 Å². The van der Waals surface area contributed by atoms with Crippen LogP contribution in [-0.2, 0) is 4.79 Å². The summed E-state index contributed by atoms with van der Waals surface area (Å²) in [5.41, 5.74) is 0. The lowest BCUT2D eigenvalue weighted by Gasteiger charge is -2.31. The maximum absolute atomic E-state index is 12.8. The van der Waals surface area contributed by atoms with Crippen molar-refractivity contribution < 1.29 is 18.0 Å². The molecule has 0 aromatic carbocycles. The molecule has 122 valence electrons. The highest BCUT2D eigenvalue weighted by atomic mass is 35.5. The summed E-state index contributed by atoms with van der Waals surface area (Å²) < 4.78 is 38.4. The highest BCUT2D eigenvalue weighted by molar-refractivity contribution is 6.21. The number of hydrogen-bond acceptors (Lipinski definition) is 1. The lowest BCUT2D eigenvalue weighted by atomic mass is 9.80. The molecule has 2 nitrogen and oxygen atoms in total. The van der Waals surface area contributed by atoms with Crippen LogP contribution in [0, 0.1) is 11.8 Å². The van der Waals surface area contributed by atoms with Crippen molar-refractivity contribution in [1.29, 1.82) is 0 Å². The van der Waals surface area contributed by atoms with Gasteiger partial charge in [-0.2, -0.15) is 13.2 Å². The molecule has 2 aliphatic rings. The minimum Gasteiger partial charge on any atom is -0.352 e.